The lowest BCUT2D eigenvalue weighted by molar-refractivity contribution is -0.127. The number of amides is 2. The highest BCUT2D eigenvalue weighted by molar-refractivity contribution is 5.87. The number of hydrogen-bond acceptors (Lipinski definition) is 2. The standard InChI is InChI=1S/C19H20F2N2O2/c1-11-5-3-6-12(2)13(11)9-17(19(22)25)23-18(24)10-14-15(20)7-4-8-16(14)21/h3-8,17H,9-10H2,1-2H3,(H2,22,25)(H,23,24)/t17-/m1/s1. The molecule has 0 aliphatic carbocycles. The van der Waals surface area contributed by atoms with E-state index in [2.05, 4.69) is 5.32 Å². The van der Waals surface area contributed by atoms with E-state index in [0.717, 1.165) is 28.8 Å². The van der Waals surface area contributed by atoms with E-state index in [9.17, 15) is 18.4 Å². The Morgan fingerprint density at radius 3 is 2.04 bits per heavy atom. The molecule has 0 saturated carbocycles. The summed E-state index contributed by atoms with van der Waals surface area (Å²) in [5, 5.41) is 2.48. The van der Waals surface area contributed by atoms with Crippen LogP contribution in [0.1, 0.15) is 22.3 Å². The molecule has 0 aliphatic rings. The van der Waals surface area contributed by atoms with Gasteiger partial charge in [-0.1, -0.05) is 24.3 Å². The highest BCUT2D eigenvalue weighted by atomic mass is 19.1. The number of carbonyl (C=O) groups excluding carboxylic acids is 2. The number of carbonyl (C=O) groups is 2. The zero-order chi connectivity index (χ0) is 18.6. The normalized spacial score (nSPS) is 11.8. The Labute approximate surface area is 145 Å². The van der Waals surface area contributed by atoms with Gasteiger partial charge in [-0.05, 0) is 42.7 Å². The number of aryl methyl sites for hydroxylation is 2. The van der Waals surface area contributed by atoms with Crippen LogP contribution in [0.5, 0.6) is 0 Å². The molecule has 0 saturated heterocycles. The van der Waals surface area contributed by atoms with Crippen molar-refractivity contribution in [2.45, 2.75) is 32.7 Å². The molecule has 0 fully saturated rings. The third-order valence-corrected chi connectivity index (χ3v) is 4.13. The molecule has 0 aliphatic heterocycles. The number of benzene rings is 2. The van der Waals surface area contributed by atoms with Gasteiger partial charge in [0.25, 0.3) is 0 Å². The predicted molar refractivity (Wildman–Crippen MR) is 90.8 cm³/mol. The zero-order valence-electron chi connectivity index (χ0n) is 14.1. The van der Waals surface area contributed by atoms with Gasteiger partial charge >= 0.3 is 0 Å². The third-order valence-electron chi connectivity index (χ3n) is 4.13. The quantitative estimate of drug-likeness (QED) is 0.843. The fourth-order valence-corrected chi connectivity index (χ4v) is 2.70. The average molecular weight is 346 g/mol. The Morgan fingerprint density at radius 1 is 1.00 bits per heavy atom. The molecule has 1 atom stereocenters. The molecule has 2 aromatic rings. The molecular formula is C19H20F2N2O2. The van der Waals surface area contributed by atoms with Crippen LogP contribution in [-0.4, -0.2) is 17.9 Å². The first-order chi connectivity index (χ1) is 11.8. The summed E-state index contributed by atoms with van der Waals surface area (Å²) in [5.74, 6) is -2.98. The minimum absolute atomic E-state index is 0.222. The first-order valence-electron chi connectivity index (χ1n) is 7.86. The summed E-state index contributed by atoms with van der Waals surface area (Å²) in [4.78, 5) is 23.8. The minimum atomic E-state index is -0.956. The van der Waals surface area contributed by atoms with Gasteiger partial charge in [-0.3, -0.25) is 9.59 Å². The second-order valence-electron chi connectivity index (χ2n) is 5.97. The molecule has 4 nitrogen and oxygen atoms in total. The number of nitrogens with one attached hydrogen (secondary N) is 1. The van der Waals surface area contributed by atoms with Crippen LogP contribution in [0.3, 0.4) is 0 Å². The lowest BCUT2D eigenvalue weighted by Crippen LogP contribution is -2.46. The van der Waals surface area contributed by atoms with Crippen LogP contribution in [0.2, 0.25) is 0 Å². The van der Waals surface area contributed by atoms with Gasteiger partial charge in [-0.15, -0.1) is 0 Å². The van der Waals surface area contributed by atoms with E-state index in [-0.39, 0.29) is 12.0 Å². The summed E-state index contributed by atoms with van der Waals surface area (Å²) in [7, 11) is 0. The number of rotatable bonds is 6. The van der Waals surface area contributed by atoms with Crippen molar-refractivity contribution in [1.82, 2.24) is 5.32 Å². The van der Waals surface area contributed by atoms with Gasteiger partial charge in [-0.2, -0.15) is 0 Å². The molecule has 0 radical (unpaired) electrons. The van der Waals surface area contributed by atoms with E-state index in [1.807, 2.05) is 32.0 Å². The third kappa shape index (κ3) is 4.62. The van der Waals surface area contributed by atoms with Crippen molar-refractivity contribution >= 4 is 11.8 Å². The van der Waals surface area contributed by atoms with Crippen molar-refractivity contribution in [2.75, 3.05) is 0 Å². The zero-order valence-corrected chi connectivity index (χ0v) is 14.1. The summed E-state index contributed by atoms with van der Waals surface area (Å²) < 4.78 is 27.3. The van der Waals surface area contributed by atoms with Crippen LogP contribution in [0.25, 0.3) is 0 Å². The first-order valence-corrected chi connectivity index (χ1v) is 7.86. The molecule has 132 valence electrons. The van der Waals surface area contributed by atoms with Gasteiger partial charge in [0.2, 0.25) is 11.8 Å². The Bertz CT molecular complexity index is 766. The molecule has 2 amide bonds. The summed E-state index contributed by atoms with van der Waals surface area (Å²) in [6.07, 6.45) is -0.283. The first kappa shape index (κ1) is 18.6. The number of halogens is 2. The molecule has 25 heavy (non-hydrogen) atoms. The highest BCUT2D eigenvalue weighted by Gasteiger charge is 2.22. The predicted octanol–water partition coefficient (Wildman–Crippen LogP) is 2.34. The summed E-state index contributed by atoms with van der Waals surface area (Å²) in [6.45, 7) is 3.80. The smallest absolute Gasteiger partial charge is 0.240 e. The van der Waals surface area contributed by atoms with Crippen molar-refractivity contribution in [3.63, 3.8) is 0 Å². The van der Waals surface area contributed by atoms with Crippen LogP contribution in [0.15, 0.2) is 36.4 Å². The van der Waals surface area contributed by atoms with E-state index in [4.69, 9.17) is 5.73 Å². The minimum Gasteiger partial charge on any atom is -0.368 e. The number of hydrogen-bond donors (Lipinski definition) is 2. The van der Waals surface area contributed by atoms with Gasteiger partial charge in [0.05, 0.1) is 6.42 Å². The van der Waals surface area contributed by atoms with E-state index >= 15 is 0 Å². The Kier molecular flexibility index (Phi) is 5.85. The Hall–Kier alpha value is -2.76. The SMILES string of the molecule is Cc1cccc(C)c1C[C@@H](NC(=O)Cc1c(F)cccc1F)C(N)=O. The molecule has 0 aromatic heterocycles. The Balaban J connectivity index is 2.14. The van der Waals surface area contributed by atoms with Crippen LogP contribution in [-0.2, 0) is 22.4 Å². The Morgan fingerprint density at radius 2 is 1.52 bits per heavy atom. The number of nitrogens with two attached hydrogens (primary N) is 1. The van der Waals surface area contributed by atoms with E-state index in [1.54, 1.807) is 0 Å². The van der Waals surface area contributed by atoms with Crippen LogP contribution in [0.4, 0.5) is 8.78 Å². The summed E-state index contributed by atoms with van der Waals surface area (Å²) >= 11 is 0. The topological polar surface area (TPSA) is 72.2 Å². The van der Waals surface area contributed by atoms with Gasteiger partial charge in [0.1, 0.15) is 17.7 Å². The molecule has 0 bridgehead atoms. The van der Waals surface area contributed by atoms with Crippen molar-refractivity contribution in [2.24, 2.45) is 5.73 Å². The van der Waals surface area contributed by atoms with E-state index in [1.165, 1.54) is 6.07 Å². The van der Waals surface area contributed by atoms with Gasteiger partial charge in [-0.25, -0.2) is 8.78 Å². The maximum atomic E-state index is 13.6. The van der Waals surface area contributed by atoms with Crippen molar-refractivity contribution in [3.8, 4) is 0 Å². The maximum absolute atomic E-state index is 13.6. The van der Waals surface area contributed by atoms with Crippen LogP contribution < -0.4 is 11.1 Å². The second-order valence-corrected chi connectivity index (χ2v) is 5.97. The summed E-state index contributed by atoms with van der Waals surface area (Å²) in [5.41, 5.74) is 7.90. The van der Waals surface area contributed by atoms with Crippen LogP contribution in [0, 0.1) is 25.5 Å². The van der Waals surface area contributed by atoms with E-state index in [0.29, 0.717) is 0 Å². The highest BCUT2D eigenvalue weighted by Crippen LogP contribution is 2.16. The van der Waals surface area contributed by atoms with Gasteiger partial charge in [0, 0.05) is 12.0 Å². The van der Waals surface area contributed by atoms with E-state index < -0.39 is 35.9 Å². The van der Waals surface area contributed by atoms with Crippen molar-refractivity contribution in [1.29, 1.82) is 0 Å². The fourth-order valence-electron chi connectivity index (χ4n) is 2.70. The molecule has 0 spiro atoms. The summed E-state index contributed by atoms with van der Waals surface area (Å²) in [6, 6.07) is 8.12. The van der Waals surface area contributed by atoms with Crippen molar-refractivity contribution in [3.05, 3.63) is 70.3 Å². The molecule has 6 heteroatoms. The monoisotopic (exact) mass is 346 g/mol. The maximum Gasteiger partial charge on any atom is 0.240 e. The molecule has 0 unspecified atom stereocenters. The van der Waals surface area contributed by atoms with Gasteiger partial charge in [0.15, 0.2) is 0 Å². The molecule has 2 aromatic carbocycles. The molecular weight excluding hydrogens is 326 g/mol. The van der Waals surface area contributed by atoms with Gasteiger partial charge < -0.3 is 11.1 Å². The second kappa shape index (κ2) is 7.88. The molecule has 0 heterocycles. The number of primary amides is 1. The molecule has 3 N–H and O–H groups in total. The van der Waals surface area contributed by atoms with Crippen LogP contribution >= 0.6 is 0 Å². The fraction of sp³-hybridized carbons (Fsp3) is 0.263. The largest absolute Gasteiger partial charge is 0.368 e. The molecule has 2 rings (SSSR count). The lowest BCUT2D eigenvalue weighted by atomic mass is 9.96. The lowest BCUT2D eigenvalue weighted by Gasteiger charge is -2.18. The van der Waals surface area contributed by atoms with Crippen molar-refractivity contribution < 1.29 is 18.4 Å². The average Bonchev–Trinajstić information content (AvgIpc) is 2.53.